The number of hydrogen-bond donors (Lipinski definition) is 1. The molecule has 7 heteroatoms. The maximum absolute atomic E-state index is 11.9. The van der Waals surface area contributed by atoms with Gasteiger partial charge in [-0.1, -0.05) is 29.8 Å². The third-order valence-corrected chi connectivity index (χ3v) is 6.04. The van der Waals surface area contributed by atoms with E-state index in [4.69, 9.17) is 0 Å². The number of anilines is 1. The molecule has 1 aromatic rings. The quantitative estimate of drug-likeness (QED) is 0.817. The van der Waals surface area contributed by atoms with Crippen molar-refractivity contribution in [2.75, 3.05) is 19.4 Å². The van der Waals surface area contributed by atoms with Crippen molar-refractivity contribution >= 4 is 37.5 Å². The van der Waals surface area contributed by atoms with E-state index in [0.29, 0.717) is 5.69 Å². The molecule has 1 unspecified atom stereocenters. The third kappa shape index (κ3) is 4.04. The first-order valence-corrected chi connectivity index (χ1v) is 8.49. The van der Waals surface area contributed by atoms with E-state index in [0.717, 1.165) is 4.31 Å². The average Bonchev–Trinajstić information content (AvgIpc) is 2.38. The van der Waals surface area contributed by atoms with Crippen LogP contribution in [0.5, 0.6) is 0 Å². The van der Waals surface area contributed by atoms with E-state index in [2.05, 4.69) is 21.2 Å². The molecule has 1 N–H and O–H groups in total. The third-order valence-electron chi connectivity index (χ3n) is 2.74. The molecule has 1 aromatic carbocycles. The van der Waals surface area contributed by atoms with Crippen LogP contribution < -0.4 is 5.32 Å². The largest absolute Gasteiger partial charge is 0.325 e. The molecule has 0 radical (unpaired) electrons. The molecule has 5 nitrogen and oxygen atoms in total. The Morgan fingerprint density at radius 3 is 2.10 bits per heavy atom. The lowest BCUT2D eigenvalue weighted by Gasteiger charge is -2.15. The Balaban J connectivity index is 2.86. The van der Waals surface area contributed by atoms with E-state index in [1.54, 1.807) is 12.1 Å². The number of halogens is 1. The normalized spacial score (nSPS) is 13.6. The van der Waals surface area contributed by atoms with Gasteiger partial charge in [0.05, 0.1) is 9.72 Å². The lowest BCUT2D eigenvalue weighted by Crippen LogP contribution is -2.27. The predicted molar refractivity (Wildman–Crippen MR) is 83.5 cm³/mol. The zero-order valence-corrected chi connectivity index (χ0v) is 14.3. The van der Waals surface area contributed by atoms with Gasteiger partial charge in [0.25, 0.3) is 0 Å². The average molecular weight is 363 g/mol. The molecule has 0 aliphatic carbocycles. The molecular weight excluding hydrogens is 344 g/mol. The van der Waals surface area contributed by atoms with Crippen molar-refractivity contribution in [2.24, 2.45) is 5.92 Å². The highest BCUT2D eigenvalue weighted by Crippen LogP contribution is 2.19. The van der Waals surface area contributed by atoms with Gasteiger partial charge >= 0.3 is 0 Å². The fourth-order valence-corrected chi connectivity index (χ4v) is 2.45. The first kappa shape index (κ1) is 17.1. The van der Waals surface area contributed by atoms with Crippen molar-refractivity contribution in [3.05, 3.63) is 24.3 Å². The number of alkyl halides is 1. The van der Waals surface area contributed by atoms with Crippen LogP contribution in [0.2, 0.25) is 0 Å². The molecule has 1 rings (SSSR count). The Hall–Kier alpha value is -0.920. The lowest BCUT2D eigenvalue weighted by molar-refractivity contribution is -0.116. The zero-order valence-electron chi connectivity index (χ0n) is 11.9. The van der Waals surface area contributed by atoms with Crippen LogP contribution in [0.3, 0.4) is 0 Å². The highest BCUT2D eigenvalue weighted by Gasteiger charge is 2.20. The molecule has 0 fully saturated rings. The first-order valence-electron chi connectivity index (χ1n) is 6.13. The van der Waals surface area contributed by atoms with Gasteiger partial charge in [-0.05, 0) is 30.2 Å². The van der Waals surface area contributed by atoms with Crippen molar-refractivity contribution in [1.29, 1.82) is 0 Å². The number of rotatable bonds is 5. The summed E-state index contributed by atoms with van der Waals surface area (Å²) in [5.74, 6) is 0.0200. The molecule has 112 valence electrons. The molecule has 0 bridgehead atoms. The van der Waals surface area contributed by atoms with Crippen molar-refractivity contribution < 1.29 is 13.2 Å². The Labute approximate surface area is 128 Å². The van der Waals surface area contributed by atoms with E-state index >= 15 is 0 Å². The van der Waals surface area contributed by atoms with Crippen LogP contribution in [-0.2, 0) is 14.8 Å². The number of sulfonamides is 1. The van der Waals surface area contributed by atoms with E-state index in [9.17, 15) is 13.2 Å². The van der Waals surface area contributed by atoms with Gasteiger partial charge in [-0.15, -0.1) is 0 Å². The van der Waals surface area contributed by atoms with Crippen molar-refractivity contribution in [3.63, 3.8) is 0 Å². The molecule has 1 atom stereocenters. The van der Waals surface area contributed by atoms with Gasteiger partial charge < -0.3 is 5.32 Å². The summed E-state index contributed by atoms with van der Waals surface area (Å²) in [6.45, 7) is 3.87. The van der Waals surface area contributed by atoms with Gasteiger partial charge in [-0.25, -0.2) is 12.7 Å². The molecular formula is C13H19BrN2O3S. The Bertz CT molecular complexity index is 568. The van der Waals surface area contributed by atoms with E-state index in [1.807, 2.05) is 13.8 Å². The first-order chi connectivity index (χ1) is 9.16. The summed E-state index contributed by atoms with van der Waals surface area (Å²) >= 11 is 3.32. The minimum atomic E-state index is -3.44. The predicted octanol–water partition coefficient (Wildman–Crippen LogP) is 2.29. The number of nitrogens with zero attached hydrogens (tertiary/aromatic N) is 1. The molecule has 0 spiro atoms. The van der Waals surface area contributed by atoms with Gasteiger partial charge in [-0.2, -0.15) is 0 Å². The summed E-state index contributed by atoms with van der Waals surface area (Å²) in [4.78, 5) is 11.8. The molecule has 1 amide bonds. The number of carbonyl (C=O) groups is 1. The summed E-state index contributed by atoms with van der Waals surface area (Å²) < 4.78 is 24.9. The van der Waals surface area contributed by atoms with Crippen LogP contribution in [0, 0.1) is 5.92 Å². The zero-order chi connectivity index (χ0) is 15.5. The summed E-state index contributed by atoms with van der Waals surface area (Å²) in [5, 5.41) is 2.74. The fraction of sp³-hybridized carbons (Fsp3) is 0.462. The highest BCUT2D eigenvalue weighted by molar-refractivity contribution is 9.10. The molecule has 0 aromatic heterocycles. The number of hydrogen-bond acceptors (Lipinski definition) is 3. The van der Waals surface area contributed by atoms with E-state index in [1.165, 1.54) is 26.2 Å². The van der Waals surface area contributed by atoms with Crippen LogP contribution in [-0.4, -0.2) is 37.6 Å². The van der Waals surface area contributed by atoms with Gasteiger partial charge in [0.2, 0.25) is 15.9 Å². The molecule has 0 aliphatic rings. The van der Waals surface area contributed by atoms with E-state index < -0.39 is 10.0 Å². The standard InChI is InChI=1S/C13H19BrN2O3S/c1-9(2)12(14)13(17)15-10-5-7-11(8-6-10)20(18,19)16(3)4/h5-9,12H,1-4H3,(H,15,17). The minimum Gasteiger partial charge on any atom is -0.325 e. The molecule has 20 heavy (non-hydrogen) atoms. The second kappa shape index (κ2) is 6.69. The molecule has 0 aliphatic heterocycles. The lowest BCUT2D eigenvalue weighted by atomic mass is 10.1. The number of carbonyl (C=O) groups excluding carboxylic acids is 1. The summed E-state index contributed by atoms with van der Waals surface area (Å²) in [5.41, 5.74) is 0.567. The van der Waals surface area contributed by atoms with Gasteiger partial charge in [0.15, 0.2) is 0 Å². The van der Waals surface area contributed by atoms with Crippen LogP contribution in [0.25, 0.3) is 0 Å². The summed E-state index contributed by atoms with van der Waals surface area (Å²) in [6, 6.07) is 6.11. The number of benzene rings is 1. The number of amides is 1. The topological polar surface area (TPSA) is 66.5 Å². The Kier molecular flexibility index (Phi) is 5.73. The smallest absolute Gasteiger partial charge is 0.242 e. The Morgan fingerprint density at radius 2 is 1.70 bits per heavy atom. The van der Waals surface area contributed by atoms with Gasteiger partial charge in [-0.3, -0.25) is 4.79 Å². The number of nitrogens with one attached hydrogen (secondary N) is 1. The van der Waals surface area contributed by atoms with Crippen molar-refractivity contribution in [2.45, 2.75) is 23.6 Å². The van der Waals surface area contributed by atoms with Crippen LogP contribution in [0.15, 0.2) is 29.2 Å². The minimum absolute atomic E-state index is 0.150. The highest BCUT2D eigenvalue weighted by atomic mass is 79.9. The van der Waals surface area contributed by atoms with Crippen LogP contribution in [0.1, 0.15) is 13.8 Å². The summed E-state index contributed by atoms with van der Waals surface area (Å²) in [6.07, 6.45) is 0. The van der Waals surface area contributed by atoms with Crippen molar-refractivity contribution in [1.82, 2.24) is 4.31 Å². The van der Waals surface area contributed by atoms with E-state index in [-0.39, 0.29) is 21.5 Å². The second-order valence-electron chi connectivity index (χ2n) is 4.95. The van der Waals surface area contributed by atoms with Gasteiger partial charge in [0, 0.05) is 19.8 Å². The summed E-state index contributed by atoms with van der Waals surface area (Å²) in [7, 11) is -0.490. The van der Waals surface area contributed by atoms with Crippen LogP contribution >= 0.6 is 15.9 Å². The Morgan fingerprint density at radius 1 is 1.20 bits per heavy atom. The second-order valence-corrected chi connectivity index (χ2v) is 8.09. The fourth-order valence-electron chi connectivity index (χ4n) is 1.44. The van der Waals surface area contributed by atoms with Crippen LogP contribution in [0.4, 0.5) is 5.69 Å². The maximum atomic E-state index is 11.9. The SMILES string of the molecule is CC(C)C(Br)C(=O)Nc1ccc(S(=O)(=O)N(C)C)cc1. The van der Waals surface area contributed by atoms with Crippen molar-refractivity contribution in [3.8, 4) is 0 Å². The van der Waals surface area contributed by atoms with Gasteiger partial charge in [0.1, 0.15) is 0 Å². The maximum Gasteiger partial charge on any atom is 0.242 e. The molecule has 0 saturated heterocycles. The molecule has 0 heterocycles. The molecule has 0 saturated carbocycles. The monoisotopic (exact) mass is 362 g/mol.